The van der Waals surface area contributed by atoms with E-state index in [1.165, 1.54) is 0 Å². The molecule has 0 amide bonds. The molecule has 0 aliphatic carbocycles. The molecule has 0 radical (unpaired) electrons. The van der Waals surface area contributed by atoms with Gasteiger partial charge in [-0.25, -0.2) is 0 Å². The molecule has 0 heterocycles. The van der Waals surface area contributed by atoms with Crippen molar-refractivity contribution in [2.45, 2.75) is 18.7 Å². The van der Waals surface area contributed by atoms with Gasteiger partial charge in [0, 0.05) is 5.39 Å². The number of fused-ring (bicyclic) bond motifs is 1. The van der Waals surface area contributed by atoms with Crippen molar-refractivity contribution in [2.75, 3.05) is 6.61 Å². The number of hydrogen-bond acceptors (Lipinski definition) is 3. The summed E-state index contributed by atoms with van der Waals surface area (Å²) in [6.07, 6.45) is 0. The molecule has 2 rings (SSSR count). The molecule has 0 saturated carbocycles. The summed E-state index contributed by atoms with van der Waals surface area (Å²) in [5.74, 6) is 0.128. The van der Waals surface area contributed by atoms with Gasteiger partial charge < -0.3 is 0 Å². The SMILES string of the molecule is CC(C)COS(=O)(=O)c1c(Cl)ccc2ccccc12. The van der Waals surface area contributed by atoms with Crippen molar-refractivity contribution in [1.29, 1.82) is 0 Å². The first kappa shape index (κ1) is 14.3. The van der Waals surface area contributed by atoms with E-state index < -0.39 is 10.1 Å². The highest BCUT2D eigenvalue weighted by Gasteiger charge is 2.22. The second kappa shape index (κ2) is 5.49. The van der Waals surface area contributed by atoms with Crippen LogP contribution >= 0.6 is 11.6 Å². The van der Waals surface area contributed by atoms with Crippen LogP contribution < -0.4 is 0 Å². The monoisotopic (exact) mass is 298 g/mol. The van der Waals surface area contributed by atoms with Crippen LogP contribution in [0.15, 0.2) is 41.3 Å². The molecule has 0 unspecified atom stereocenters. The largest absolute Gasteiger partial charge is 0.299 e. The summed E-state index contributed by atoms with van der Waals surface area (Å²) in [5.41, 5.74) is 0. The molecule has 0 aliphatic rings. The lowest BCUT2D eigenvalue weighted by Crippen LogP contribution is -2.12. The van der Waals surface area contributed by atoms with Gasteiger partial charge in [-0.3, -0.25) is 4.18 Å². The van der Waals surface area contributed by atoms with E-state index in [-0.39, 0.29) is 22.4 Å². The summed E-state index contributed by atoms with van der Waals surface area (Å²) in [5, 5.41) is 1.58. The zero-order valence-corrected chi connectivity index (χ0v) is 12.3. The summed E-state index contributed by atoms with van der Waals surface area (Å²) < 4.78 is 29.6. The van der Waals surface area contributed by atoms with E-state index >= 15 is 0 Å². The summed E-state index contributed by atoms with van der Waals surface area (Å²) in [7, 11) is -3.84. The molecule has 0 atom stereocenters. The van der Waals surface area contributed by atoms with Gasteiger partial charge in [-0.1, -0.05) is 55.8 Å². The minimum Gasteiger partial charge on any atom is -0.266 e. The lowest BCUT2D eigenvalue weighted by Gasteiger charge is -2.11. The van der Waals surface area contributed by atoms with Gasteiger partial charge in [0.25, 0.3) is 10.1 Å². The van der Waals surface area contributed by atoms with Crippen LogP contribution in [0.4, 0.5) is 0 Å². The molecule has 19 heavy (non-hydrogen) atoms. The fourth-order valence-electron chi connectivity index (χ4n) is 1.76. The minimum atomic E-state index is -3.84. The van der Waals surface area contributed by atoms with Crippen LogP contribution in [-0.2, 0) is 14.3 Å². The predicted octanol–water partition coefficient (Wildman–Crippen LogP) is 3.85. The lowest BCUT2D eigenvalue weighted by atomic mass is 10.1. The van der Waals surface area contributed by atoms with Crippen molar-refractivity contribution in [3.8, 4) is 0 Å². The van der Waals surface area contributed by atoms with Gasteiger partial charge in [0.05, 0.1) is 11.6 Å². The highest BCUT2D eigenvalue weighted by Crippen LogP contribution is 2.31. The number of benzene rings is 2. The van der Waals surface area contributed by atoms with Crippen LogP contribution in [0.5, 0.6) is 0 Å². The van der Waals surface area contributed by atoms with Crippen LogP contribution in [0.25, 0.3) is 10.8 Å². The molecule has 2 aromatic carbocycles. The van der Waals surface area contributed by atoms with Gasteiger partial charge in [-0.05, 0) is 17.4 Å². The Bertz CT molecular complexity index is 693. The Morgan fingerprint density at radius 2 is 1.84 bits per heavy atom. The van der Waals surface area contributed by atoms with E-state index in [1.807, 2.05) is 26.0 Å². The van der Waals surface area contributed by atoms with Crippen LogP contribution in [-0.4, -0.2) is 15.0 Å². The van der Waals surface area contributed by atoms with E-state index in [0.717, 1.165) is 5.39 Å². The predicted molar refractivity (Wildman–Crippen MR) is 76.9 cm³/mol. The molecule has 102 valence electrons. The molecular formula is C14H15ClO3S. The molecule has 0 bridgehead atoms. The van der Waals surface area contributed by atoms with Crippen molar-refractivity contribution in [2.24, 2.45) is 5.92 Å². The molecule has 0 aromatic heterocycles. The lowest BCUT2D eigenvalue weighted by molar-refractivity contribution is 0.275. The van der Waals surface area contributed by atoms with E-state index in [9.17, 15) is 8.42 Å². The van der Waals surface area contributed by atoms with E-state index in [1.54, 1.807) is 24.3 Å². The zero-order chi connectivity index (χ0) is 14.0. The molecule has 0 aliphatic heterocycles. The first-order valence-corrected chi connectivity index (χ1v) is 7.77. The van der Waals surface area contributed by atoms with Crippen molar-refractivity contribution in [1.82, 2.24) is 0 Å². The molecule has 5 heteroatoms. The molecule has 3 nitrogen and oxygen atoms in total. The molecule has 0 spiro atoms. The van der Waals surface area contributed by atoms with Crippen molar-refractivity contribution >= 4 is 32.5 Å². The molecule has 2 aromatic rings. The average Bonchev–Trinajstić information content (AvgIpc) is 2.36. The molecular weight excluding hydrogens is 284 g/mol. The van der Waals surface area contributed by atoms with Crippen LogP contribution in [0.3, 0.4) is 0 Å². The first-order valence-electron chi connectivity index (χ1n) is 5.98. The van der Waals surface area contributed by atoms with Crippen LogP contribution in [0.2, 0.25) is 5.02 Å². The van der Waals surface area contributed by atoms with E-state index in [2.05, 4.69) is 0 Å². The Morgan fingerprint density at radius 3 is 2.53 bits per heavy atom. The zero-order valence-electron chi connectivity index (χ0n) is 10.8. The quantitative estimate of drug-likeness (QED) is 0.805. The fourth-order valence-corrected chi connectivity index (χ4v) is 3.53. The maximum Gasteiger partial charge on any atom is 0.299 e. The van der Waals surface area contributed by atoms with Gasteiger partial charge in [0.1, 0.15) is 4.90 Å². The van der Waals surface area contributed by atoms with Crippen molar-refractivity contribution in [3.05, 3.63) is 41.4 Å². The Labute approximate surface area is 118 Å². The summed E-state index contributed by atoms with van der Waals surface area (Å²) in [6, 6.07) is 10.6. The van der Waals surface area contributed by atoms with Gasteiger partial charge in [-0.2, -0.15) is 8.42 Å². The molecule has 0 saturated heterocycles. The third kappa shape index (κ3) is 3.08. The Kier molecular flexibility index (Phi) is 4.13. The van der Waals surface area contributed by atoms with E-state index in [4.69, 9.17) is 15.8 Å². The smallest absolute Gasteiger partial charge is 0.266 e. The van der Waals surface area contributed by atoms with Crippen molar-refractivity contribution < 1.29 is 12.6 Å². The van der Waals surface area contributed by atoms with Gasteiger partial charge in [0.15, 0.2) is 0 Å². The second-order valence-electron chi connectivity index (χ2n) is 4.73. The number of hydrogen-bond donors (Lipinski definition) is 0. The third-order valence-electron chi connectivity index (χ3n) is 2.64. The summed E-state index contributed by atoms with van der Waals surface area (Å²) >= 11 is 6.04. The van der Waals surface area contributed by atoms with E-state index in [0.29, 0.717) is 5.39 Å². The van der Waals surface area contributed by atoms with Gasteiger partial charge in [0.2, 0.25) is 0 Å². The first-order chi connectivity index (χ1) is 8.92. The van der Waals surface area contributed by atoms with Crippen molar-refractivity contribution in [3.63, 3.8) is 0 Å². The standard InChI is InChI=1S/C14H15ClO3S/c1-10(2)9-18-19(16,17)14-12-6-4-3-5-11(12)7-8-13(14)15/h3-8,10H,9H2,1-2H3. The third-order valence-corrected chi connectivity index (χ3v) is 4.45. The summed E-state index contributed by atoms with van der Waals surface area (Å²) in [6.45, 7) is 3.92. The Balaban J connectivity index is 2.58. The van der Waals surface area contributed by atoms with Gasteiger partial charge in [-0.15, -0.1) is 0 Å². The molecule has 0 N–H and O–H groups in total. The van der Waals surface area contributed by atoms with Gasteiger partial charge >= 0.3 is 0 Å². The Hall–Kier alpha value is -1.10. The normalized spacial score (nSPS) is 12.2. The van der Waals surface area contributed by atoms with Crippen LogP contribution in [0, 0.1) is 5.92 Å². The second-order valence-corrected chi connectivity index (χ2v) is 6.69. The number of halogens is 1. The fraction of sp³-hybridized carbons (Fsp3) is 0.286. The Morgan fingerprint density at radius 1 is 1.16 bits per heavy atom. The van der Waals surface area contributed by atoms with Crippen LogP contribution in [0.1, 0.15) is 13.8 Å². The topological polar surface area (TPSA) is 43.4 Å². The highest BCUT2D eigenvalue weighted by molar-refractivity contribution is 7.87. The molecule has 0 fully saturated rings. The minimum absolute atomic E-state index is 0.0490. The maximum absolute atomic E-state index is 12.3. The maximum atomic E-state index is 12.3. The summed E-state index contributed by atoms with van der Waals surface area (Å²) in [4.78, 5) is 0.0490. The number of rotatable bonds is 4. The highest BCUT2D eigenvalue weighted by atomic mass is 35.5. The average molecular weight is 299 g/mol.